The number of hydrogen-bond acceptors (Lipinski definition) is 3. The summed E-state index contributed by atoms with van der Waals surface area (Å²) in [6.07, 6.45) is -1.46. The second-order valence-corrected chi connectivity index (χ2v) is 2.54. The lowest BCUT2D eigenvalue weighted by Crippen LogP contribution is -2.36. The zero-order chi connectivity index (χ0) is 7.44. The van der Waals surface area contributed by atoms with Crippen LogP contribution < -0.4 is 5.73 Å². The van der Waals surface area contributed by atoms with Crippen molar-refractivity contribution in [1.82, 2.24) is 0 Å². The van der Waals surface area contributed by atoms with E-state index in [2.05, 4.69) is 0 Å². The van der Waals surface area contributed by atoms with E-state index in [1.807, 2.05) is 13.8 Å². The van der Waals surface area contributed by atoms with Crippen LogP contribution >= 0.6 is 0 Å². The molecule has 0 radical (unpaired) electrons. The molecule has 4 N–H and O–H groups in total. The normalized spacial score (nSPS) is 18.0. The molecule has 0 spiro atoms. The summed E-state index contributed by atoms with van der Waals surface area (Å²) in [6.45, 7) is 3.80. The maximum Gasteiger partial charge on any atom is 0.0923 e. The van der Waals surface area contributed by atoms with Gasteiger partial charge in [0.15, 0.2) is 0 Å². The van der Waals surface area contributed by atoms with Crippen LogP contribution in [0.2, 0.25) is 0 Å². The van der Waals surface area contributed by atoms with Gasteiger partial charge in [0.25, 0.3) is 0 Å². The lowest BCUT2D eigenvalue weighted by Gasteiger charge is -2.18. The van der Waals surface area contributed by atoms with Crippen LogP contribution in [0.3, 0.4) is 0 Å². The first-order chi connectivity index (χ1) is 4.09. The Labute approximate surface area is 55.5 Å². The van der Waals surface area contributed by atoms with E-state index in [1.165, 1.54) is 0 Å². The second-order valence-electron chi connectivity index (χ2n) is 2.54. The maximum absolute atomic E-state index is 9.06. The van der Waals surface area contributed by atoms with E-state index in [-0.39, 0.29) is 12.5 Å². The fraction of sp³-hybridized carbons (Fsp3) is 1.00. The third-order valence-electron chi connectivity index (χ3n) is 1.32. The van der Waals surface area contributed by atoms with Crippen molar-refractivity contribution in [3.05, 3.63) is 0 Å². The molecule has 0 bridgehead atoms. The molecule has 0 aromatic carbocycles. The number of aliphatic hydroxyl groups excluding tert-OH is 2. The van der Waals surface area contributed by atoms with Crippen molar-refractivity contribution in [1.29, 1.82) is 0 Å². The standard InChI is InChI=1S/C6H15NO2/c1-4(2)6(9)5(8)3-7/h4-6,8-9H,3,7H2,1-2H3. The molecule has 2 unspecified atom stereocenters. The van der Waals surface area contributed by atoms with Gasteiger partial charge in [-0.25, -0.2) is 0 Å². The summed E-state index contributed by atoms with van der Waals surface area (Å²) in [5.74, 6) is 0.0727. The minimum Gasteiger partial charge on any atom is -0.390 e. The number of hydrogen-bond donors (Lipinski definition) is 3. The predicted molar refractivity (Wildman–Crippen MR) is 35.9 cm³/mol. The Morgan fingerprint density at radius 3 is 1.89 bits per heavy atom. The molecule has 0 aliphatic heterocycles. The molecule has 0 fully saturated rings. The minimum atomic E-state index is -0.773. The Morgan fingerprint density at radius 1 is 1.33 bits per heavy atom. The van der Waals surface area contributed by atoms with Crippen molar-refractivity contribution in [2.45, 2.75) is 26.1 Å². The molecular formula is C6H15NO2. The van der Waals surface area contributed by atoms with E-state index < -0.39 is 12.2 Å². The quantitative estimate of drug-likeness (QED) is 0.478. The molecule has 0 saturated heterocycles. The fourth-order valence-electron chi connectivity index (χ4n) is 0.584. The van der Waals surface area contributed by atoms with Gasteiger partial charge in [0.2, 0.25) is 0 Å². The van der Waals surface area contributed by atoms with Gasteiger partial charge in [0.1, 0.15) is 0 Å². The van der Waals surface area contributed by atoms with Crippen LogP contribution in [0.15, 0.2) is 0 Å². The van der Waals surface area contributed by atoms with Gasteiger partial charge < -0.3 is 15.9 Å². The average Bonchev–Trinajstić information content (AvgIpc) is 1.84. The molecule has 0 aromatic heterocycles. The minimum absolute atomic E-state index is 0.0727. The van der Waals surface area contributed by atoms with Crippen LogP contribution in [0.25, 0.3) is 0 Å². The third kappa shape index (κ3) is 2.79. The smallest absolute Gasteiger partial charge is 0.0923 e. The topological polar surface area (TPSA) is 66.5 Å². The van der Waals surface area contributed by atoms with Gasteiger partial charge >= 0.3 is 0 Å². The highest BCUT2D eigenvalue weighted by Gasteiger charge is 2.17. The van der Waals surface area contributed by atoms with Crippen LogP contribution in [0, 0.1) is 5.92 Å². The summed E-state index contributed by atoms with van der Waals surface area (Å²) in [4.78, 5) is 0. The molecule has 0 aliphatic carbocycles. The highest BCUT2D eigenvalue weighted by atomic mass is 16.3. The van der Waals surface area contributed by atoms with E-state index in [0.29, 0.717) is 0 Å². The zero-order valence-corrected chi connectivity index (χ0v) is 5.91. The average molecular weight is 133 g/mol. The first kappa shape index (κ1) is 8.88. The van der Waals surface area contributed by atoms with Gasteiger partial charge in [-0.2, -0.15) is 0 Å². The largest absolute Gasteiger partial charge is 0.390 e. The van der Waals surface area contributed by atoms with E-state index in [1.54, 1.807) is 0 Å². The summed E-state index contributed by atoms with van der Waals surface area (Å²) in [7, 11) is 0. The lowest BCUT2D eigenvalue weighted by atomic mass is 10.0. The third-order valence-corrected chi connectivity index (χ3v) is 1.32. The first-order valence-corrected chi connectivity index (χ1v) is 3.15. The summed E-state index contributed by atoms with van der Waals surface area (Å²) in [5, 5.41) is 18.0. The number of rotatable bonds is 3. The van der Waals surface area contributed by atoms with Gasteiger partial charge in [-0.15, -0.1) is 0 Å². The van der Waals surface area contributed by atoms with E-state index in [4.69, 9.17) is 15.9 Å². The lowest BCUT2D eigenvalue weighted by molar-refractivity contribution is -0.00254. The summed E-state index contributed by atoms with van der Waals surface area (Å²) in [6, 6.07) is 0. The Hall–Kier alpha value is -0.120. The Kier molecular flexibility index (Phi) is 3.77. The number of nitrogens with two attached hydrogens (primary N) is 1. The SMILES string of the molecule is CC(C)C(O)C(O)CN. The van der Waals surface area contributed by atoms with Crippen molar-refractivity contribution < 1.29 is 10.2 Å². The highest BCUT2D eigenvalue weighted by molar-refractivity contribution is 4.69. The summed E-state index contributed by atoms with van der Waals surface area (Å²) < 4.78 is 0. The van der Waals surface area contributed by atoms with Crippen LogP contribution in [0.1, 0.15) is 13.8 Å². The molecule has 3 heteroatoms. The molecule has 0 aliphatic rings. The summed E-state index contributed by atoms with van der Waals surface area (Å²) in [5.41, 5.74) is 5.10. The van der Waals surface area contributed by atoms with E-state index in [9.17, 15) is 0 Å². The molecule has 0 rings (SSSR count). The molecular weight excluding hydrogens is 118 g/mol. The van der Waals surface area contributed by atoms with Crippen molar-refractivity contribution in [2.75, 3.05) is 6.54 Å². The van der Waals surface area contributed by atoms with Crippen molar-refractivity contribution in [3.8, 4) is 0 Å². The fourth-order valence-corrected chi connectivity index (χ4v) is 0.584. The number of aliphatic hydroxyl groups is 2. The van der Waals surface area contributed by atoms with Crippen LogP contribution in [0.4, 0.5) is 0 Å². The Morgan fingerprint density at radius 2 is 1.78 bits per heavy atom. The monoisotopic (exact) mass is 133 g/mol. The second kappa shape index (κ2) is 3.82. The summed E-state index contributed by atoms with van der Waals surface area (Å²) >= 11 is 0. The molecule has 3 nitrogen and oxygen atoms in total. The van der Waals surface area contributed by atoms with Gasteiger partial charge in [-0.3, -0.25) is 0 Å². The van der Waals surface area contributed by atoms with Crippen molar-refractivity contribution in [3.63, 3.8) is 0 Å². The molecule has 2 atom stereocenters. The van der Waals surface area contributed by atoms with Gasteiger partial charge in [-0.1, -0.05) is 13.8 Å². The van der Waals surface area contributed by atoms with Crippen molar-refractivity contribution >= 4 is 0 Å². The molecule has 56 valence electrons. The highest BCUT2D eigenvalue weighted by Crippen LogP contribution is 2.04. The molecule has 9 heavy (non-hydrogen) atoms. The van der Waals surface area contributed by atoms with Crippen molar-refractivity contribution in [2.24, 2.45) is 11.7 Å². The predicted octanol–water partition coefficient (Wildman–Crippen LogP) is -0.677. The Bertz CT molecular complexity index is 75.5. The van der Waals surface area contributed by atoms with Crippen LogP contribution in [-0.2, 0) is 0 Å². The van der Waals surface area contributed by atoms with E-state index >= 15 is 0 Å². The van der Waals surface area contributed by atoms with Gasteiger partial charge in [0.05, 0.1) is 12.2 Å². The Balaban J connectivity index is 3.58. The van der Waals surface area contributed by atoms with Gasteiger partial charge in [-0.05, 0) is 5.92 Å². The van der Waals surface area contributed by atoms with Gasteiger partial charge in [0, 0.05) is 6.54 Å². The molecule has 0 saturated carbocycles. The maximum atomic E-state index is 9.06. The molecule has 0 heterocycles. The van der Waals surface area contributed by atoms with Crippen LogP contribution in [0.5, 0.6) is 0 Å². The van der Waals surface area contributed by atoms with Crippen LogP contribution in [-0.4, -0.2) is 29.0 Å². The van der Waals surface area contributed by atoms with E-state index in [0.717, 1.165) is 0 Å². The first-order valence-electron chi connectivity index (χ1n) is 3.15. The molecule has 0 aromatic rings. The molecule has 0 amide bonds. The zero-order valence-electron chi connectivity index (χ0n) is 5.91.